The second-order valence-corrected chi connectivity index (χ2v) is 6.58. The van der Waals surface area contributed by atoms with E-state index in [2.05, 4.69) is 61.0 Å². The predicted molar refractivity (Wildman–Crippen MR) is 103 cm³/mol. The van der Waals surface area contributed by atoms with Gasteiger partial charge in [-0.15, -0.1) is 0 Å². The van der Waals surface area contributed by atoms with Gasteiger partial charge in [0.25, 0.3) is 5.91 Å². The minimum atomic E-state index is -0.185. The van der Waals surface area contributed by atoms with Gasteiger partial charge in [0.15, 0.2) is 0 Å². The molecule has 2 N–H and O–H groups in total. The molecule has 0 aliphatic rings. The number of rotatable bonds is 5. The lowest BCUT2D eigenvalue weighted by Gasteiger charge is -2.05. The highest BCUT2D eigenvalue weighted by atomic mass is 127. The van der Waals surface area contributed by atoms with Crippen LogP contribution in [0, 0.1) is 7.14 Å². The summed E-state index contributed by atoms with van der Waals surface area (Å²) in [6.07, 6.45) is 1.64. The van der Waals surface area contributed by atoms with Gasteiger partial charge in [0.2, 0.25) is 0 Å². The molecular formula is C15H13I2N3O. The molecule has 1 amide bonds. The predicted octanol–water partition coefficient (Wildman–Crippen LogP) is 3.46. The first-order valence-corrected chi connectivity index (χ1v) is 8.37. The molecule has 0 spiro atoms. The number of amides is 1. The Labute approximate surface area is 150 Å². The zero-order valence-corrected chi connectivity index (χ0v) is 15.3. The molecule has 2 aromatic carbocycles. The van der Waals surface area contributed by atoms with Crippen molar-refractivity contribution in [3.63, 3.8) is 0 Å². The molecule has 0 aliphatic heterocycles. The van der Waals surface area contributed by atoms with Crippen molar-refractivity contribution in [2.45, 2.75) is 0 Å². The maximum absolute atomic E-state index is 11.7. The van der Waals surface area contributed by atoms with E-state index in [-0.39, 0.29) is 12.5 Å². The van der Waals surface area contributed by atoms with Gasteiger partial charge >= 0.3 is 0 Å². The fourth-order valence-corrected chi connectivity index (χ4v) is 2.43. The molecule has 0 fully saturated rings. The standard InChI is InChI=1S/C15H13I2N3O/c16-12-5-7-13(8-6-12)18-10-15(21)20-19-9-11-3-1-2-4-14(11)17/h1-9,18H,10H2,(H,20,21)/b19-9+. The number of nitrogens with one attached hydrogen (secondary N) is 2. The van der Waals surface area contributed by atoms with Gasteiger partial charge in [0.05, 0.1) is 12.8 Å². The highest BCUT2D eigenvalue weighted by molar-refractivity contribution is 14.1. The second kappa shape index (κ2) is 8.32. The molecule has 2 rings (SSSR count). The average Bonchev–Trinajstić information content (AvgIpc) is 2.49. The summed E-state index contributed by atoms with van der Waals surface area (Å²) in [5.41, 5.74) is 4.39. The Morgan fingerprint density at radius 1 is 1.10 bits per heavy atom. The third kappa shape index (κ3) is 5.62. The maximum atomic E-state index is 11.7. The molecule has 0 atom stereocenters. The minimum Gasteiger partial charge on any atom is -0.376 e. The highest BCUT2D eigenvalue weighted by Gasteiger charge is 1.99. The lowest BCUT2D eigenvalue weighted by Crippen LogP contribution is -2.25. The van der Waals surface area contributed by atoms with E-state index in [1.165, 1.54) is 0 Å². The Morgan fingerprint density at radius 3 is 2.52 bits per heavy atom. The van der Waals surface area contributed by atoms with Gasteiger partial charge in [-0.1, -0.05) is 18.2 Å². The molecule has 0 aliphatic carbocycles. The quantitative estimate of drug-likeness (QED) is 0.372. The molecule has 0 aromatic heterocycles. The summed E-state index contributed by atoms with van der Waals surface area (Å²) in [6, 6.07) is 15.7. The van der Waals surface area contributed by atoms with Crippen molar-refractivity contribution >= 4 is 63.0 Å². The van der Waals surface area contributed by atoms with Crippen molar-refractivity contribution < 1.29 is 4.79 Å². The lowest BCUT2D eigenvalue weighted by atomic mass is 10.2. The molecule has 0 saturated heterocycles. The molecule has 21 heavy (non-hydrogen) atoms. The number of hydrogen-bond acceptors (Lipinski definition) is 3. The summed E-state index contributed by atoms with van der Waals surface area (Å²) in [5.74, 6) is -0.185. The first-order chi connectivity index (χ1) is 10.1. The number of carbonyl (C=O) groups excluding carboxylic acids is 1. The zero-order chi connectivity index (χ0) is 15.1. The molecule has 0 saturated carbocycles. The first-order valence-electron chi connectivity index (χ1n) is 6.21. The summed E-state index contributed by atoms with van der Waals surface area (Å²) in [4.78, 5) is 11.7. The summed E-state index contributed by atoms with van der Waals surface area (Å²) in [5, 5.41) is 7.00. The van der Waals surface area contributed by atoms with Gasteiger partial charge in [-0.05, 0) is 75.5 Å². The number of halogens is 2. The van der Waals surface area contributed by atoms with Crippen LogP contribution in [0.25, 0.3) is 0 Å². The van der Waals surface area contributed by atoms with Crippen LogP contribution in [0.2, 0.25) is 0 Å². The van der Waals surface area contributed by atoms with Crippen LogP contribution in [0.3, 0.4) is 0 Å². The monoisotopic (exact) mass is 505 g/mol. The number of hydrazone groups is 1. The third-order valence-corrected chi connectivity index (χ3v) is 4.30. The van der Waals surface area contributed by atoms with E-state index in [4.69, 9.17) is 0 Å². The molecule has 4 nitrogen and oxygen atoms in total. The van der Waals surface area contributed by atoms with E-state index in [0.29, 0.717) is 0 Å². The summed E-state index contributed by atoms with van der Waals surface area (Å²) in [7, 11) is 0. The van der Waals surface area contributed by atoms with Crippen LogP contribution in [0.15, 0.2) is 53.6 Å². The van der Waals surface area contributed by atoms with E-state index in [9.17, 15) is 4.79 Å². The summed E-state index contributed by atoms with van der Waals surface area (Å²) < 4.78 is 2.25. The maximum Gasteiger partial charge on any atom is 0.259 e. The van der Waals surface area contributed by atoms with Crippen LogP contribution in [0.4, 0.5) is 5.69 Å². The zero-order valence-electron chi connectivity index (χ0n) is 11.0. The number of anilines is 1. The Balaban J connectivity index is 1.80. The smallest absolute Gasteiger partial charge is 0.259 e. The molecular weight excluding hydrogens is 492 g/mol. The van der Waals surface area contributed by atoms with Gasteiger partial charge in [-0.2, -0.15) is 5.10 Å². The summed E-state index contributed by atoms with van der Waals surface area (Å²) >= 11 is 4.47. The van der Waals surface area contributed by atoms with Gasteiger partial charge < -0.3 is 5.32 Å². The van der Waals surface area contributed by atoms with Crippen molar-refractivity contribution in [3.8, 4) is 0 Å². The molecule has 108 valence electrons. The second-order valence-electron chi connectivity index (χ2n) is 4.18. The van der Waals surface area contributed by atoms with E-state index in [0.717, 1.165) is 18.4 Å². The van der Waals surface area contributed by atoms with E-state index >= 15 is 0 Å². The average molecular weight is 505 g/mol. The Bertz CT molecular complexity index is 642. The highest BCUT2D eigenvalue weighted by Crippen LogP contribution is 2.10. The fraction of sp³-hybridized carbons (Fsp3) is 0.0667. The van der Waals surface area contributed by atoms with E-state index in [1.54, 1.807) is 6.21 Å². The first kappa shape index (κ1) is 16.2. The number of carbonyl (C=O) groups is 1. The molecule has 0 radical (unpaired) electrons. The molecule has 0 unspecified atom stereocenters. The number of nitrogens with zero attached hydrogens (tertiary/aromatic N) is 1. The van der Waals surface area contributed by atoms with E-state index in [1.807, 2.05) is 48.5 Å². The Hall–Kier alpha value is -1.16. The Kier molecular flexibility index (Phi) is 6.43. The molecule has 0 bridgehead atoms. The molecule has 6 heteroatoms. The van der Waals surface area contributed by atoms with Crippen LogP contribution >= 0.6 is 45.2 Å². The topological polar surface area (TPSA) is 53.5 Å². The number of benzene rings is 2. The van der Waals surface area contributed by atoms with Crippen LogP contribution < -0.4 is 10.7 Å². The van der Waals surface area contributed by atoms with Gasteiger partial charge in [-0.3, -0.25) is 4.79 Å². The van der Waals surface area contributed by atoms with Crippen molar-refractivity contribution in [3.05, 3.63) is 61.2 Å². The summed E-state index contributed by atoms with van der Waals surface area (Å²) in [6.45, 7) is 0.184. The minimum absolute atomic E-state index is 0.184. The fourth-order valence-electron chi connectivity index (χ4n) is 1.54. The SMILES string of the molecule is O=C(CNc1ccc(I)cc1)N/N=C/c1ccccc1I. The lowest BCUT2D eigenvalue weighted by molar-refractivity contribution is -0.119. The normalized spacial score (nSPS) is 10.6. The van der Waals surface area contributed by atoms with Gasteiger partial charge in [-0.25, -0.2) is 5.43 Å². The van der Waals surface area contributed by atoms with Crippen LogP contribution in [-0.4, -0.2) is 18.7 Å². The van der Waals surface area contributed by atoms with Crippen LogP contribution in [-0.2, 0) is 4.79 Å². The largest absolute Gasteiger partial charge is 0.376 e. The third-order valence-electron chi connectivity index (χ3n) is 2.60. The van der Waals surface area contributed by atoms with Crippen molar-refractivity contribution in [1.82, 2.24) is 5.43 Å². The molecule has 2 aromatic rings. The van der Waals surface area contributed by atoms with Gasteiger partial charge in [0, 0.05) is 18.4 Å². The van der Waals surface area contributed by atoms with Crippen molar-refractivity contribution in [2.75, 3.05) is 11.9 Å². The van der Waals surface area contributed by atoms with Crippen molar-refractivity contribution in [1.29, 1.82) is 0 Å². The van der Waals surface area contributed by atoms with Crippen LogP contribution in [0.1, 0.15) is 5.56 Å². The molecule has 0 heterocycles. The van der Waals surface area contributed by atoms with E-state index < -0.39 is 0 Å². The van der Waals surface area contributed by atoms with Crippen LogP contribution in [0.5, 0.6) is 0 Å². The van der Waals surface area contributed by atoms with Gasteiger partial charge in [0.1, 0.15) is 0 Å². The Morgan fingerprint density at radius 2 is 1.81 bits per heavy atom. The number of hydrogen-bond donors (Lipinski definition) is 2. The van der Waals surface area contributed by atoms with Crippen molar-refractivity contribution in [2.24, 2.45) is 5.10 Å².